The Hall–Kier alpha value is -0.330. The molecule has 0 aromatic carbocycles. The number of carbonyl (C=O) groups excluding carboxylic acids is 1. The molecular weight excluding hydrogens is 184 g/mol. The number of Topliss-reactive ketones (excluding diaryl/α,β-unsaturated/α-hetero) is 1. The van der Waals surface area contributed by atoms with Crippen LogP contribution in [0.4, 0.5) is 0 Å². The van der Waals surface area contributed by atoms with Crippen LogP contribution in [0.15, 0.2) is 0 Å². The number of ketones is 1. The van der Waals surface area contributed by atoms with Crippen LogP contribution in [0.3, 0.4) is 0 Å². The van der Waals surface area contributed by atoms with Gasteiger partial charge in [0.15, 0.2) is 0 Å². The van der Waals surface area contributed by atoms with Gasteiger partial charge in [-0.3, -0.25) is 0 Å². The topological polar surface area (TPSA) is 17.1 Å². The van der Waals surface area contributed by atoms with E-state index in [1.165, 1.54) is 25.7 Å². The smallest absolute Gasteiger partial charge is 0.129 e. The van der Waals surface area contributed by atoms with Crippen LogP contribution in [0, 0.1) is 17.3 Å². The average Bonchev–Trinajstić information content (AvgIpc) is 2.11. The Morgan fingerprint density at radius 1 is 1.40 bits per heavy atom. The minimum atomic E-state index is 0.344. The summed E-state index contributed by atoms with van der Waals surface area (Å²) >= 11 is 0. The highest BCUT2D eigenvalue weighted by atomic mass is 16.1. The lowest BCUT2D eigenvalue weighted by molar-refractivity contribution is -0.117. The monoisotopic (exact) mass is 210 g/mol. The standard InChI is InChI=1S/C14H26O/c1-11-8-9-14(3,4)13(10-11)7-5-6-12(2)15/h11,13H,5-10H2,1-4H3. The Morgan fingerprint density at radius 3 is 2.67 bits per heavy atom. The van der Waals surface area contributed by atoms with Gasteiger partial charge in [-0.05, 0) is 49.9 Å². The maximum absolute atomic E-state index is 10.9. The van der Waals surface area contributed by atoms with Crippen LogP contribution in [-0.4, -0.2) is 5.78 Å². The van der Waals surface area contributed by atoms with Crippen LogP contribution in [0.5, 0.6) is 0 Å². The van der Waals surface area contributed by atoms with Crippen LogP contribution < -0.4 is 0 Å². The quantitative estimate of drug-likeness (QED) is 0.679. The van der Waals surface area contributed by atoms with E-state index in [0.29, 0.717) is 11.2 Å². The van der Waals surface area contributed by atoms with E-state index in [1.54, 1.807) is 6.92 Å². The van der Waals surface area contributed by atoms with Crippen molar-refractivity contribution in [3.05, 3.63) is 0 Å². The first-order valence-corrected chi connectivity index (χ1v) is 6.41. The summed E-state index contributed by atoms with van der Waals surface area (Å²) in [7, 11) is 0. The summed E-state index contributed by atoms with van der Waals surface area (Å²) in [5, 5.41) is 0. The molecule has 0 aromatic rings. The summed E-state index contributed by atoms with van der Waals surface area (Å²) in [6.45, 7) is 8.87. The first-order valence-electron chi connectivity index (χ1n) is 6.41. The molecule has 0 N–H and O–H groups in total. The molecule has 88 valence electrons. The second kappa shape index (κ2) is 5.14. The molecule has 1 heteroatoms. The van der Waals surface area contributed by atoms with Crippen molar-refractivity contribution in [2.45, 2.75) is 66.2 Å². The lowest BCUT2D eigenvalue weighted by atomic mass is 9.64. The third-order valence-corrected chi connectivity index (χ3v) is 4.15. The van der Waals surface area contributed by atoms with Gasteiger partial charge in [0.25, 0.3) is 0 Å². The minimum Gasteiger partial charge on any atom is -0.300 e. The van der Waals surface area contributed by atoms with Crippen molar-refractivity contribution in [3.8, 4) is 0 Å². The zero-order valence-electron chi connectivity index (χ0n) is 10.8. The van der Waals surface area contributed by atoms with E-state index in [0.717, 1.165) is 24.7 Å². The molecule has 1 saturated carbocycles. The highest BCUT2D eigenvalue weighted by Crippen LogP contribution is 2.45. The maximum atomic E-state index is 10.9. The maximum Gasteiger partial charge on any atom is 0.129 e. The molecule has 0 aliphatic heterocycles. The highest BCUT2D eigenvalue weighted by Gasteiger charge is 2.34. The van der Waals surface area contributed by atoms with Gasteiger partial charge in [-0.1, -0.05) is 27.2 Å². The Kier molecular flexibility index (Phi) is 4.36. The molecule has 0 spiro atoms. The van der Waals surface area contributed by atoms with Gasteiger partial charge < -0.3 is 4.79 Å². The molecule has 0 radical (unpaired) electrons. The van der Waals surface area contributed by atoms with Gasteiger partial charge in [-0.25, -0.2) is 0 Å². The molecule has 1 aliphatic carbocycles. The fourth-order valence-electron chi connectivity index (χ4n) is 2.85. The predicted molar refractivity (Wildman–Crippen MR) is 64.8 cm³/mol. The lowest BCUT2D eigenvalue weighted by Gasteiger charge is -2.41. The number of hydrogen-bond donors (Lipinski definition) is 0. The van der Waals surface area contributed by atoms with Crippen LogP contribution in [-0.2, 0) is 4.79 Å². The third-order valence-electron chi connectivity index (χ3n) is 4.15. The van der Waals surface area contributed by atoms with Gasteiger partial charge in [0, 0.05) is 6.42 Å². The van der Waals surface area contributed by atoms with Crippen molar-refractivity contribution < 1.29 is 4.79 Å². The van der Waals surface area contributed by atoms with Gasteiger partial charge in [-0.15, -0.1) is 0 Å². The molecule has 15 heavy (non-hydrogen) atoms. The summed E-state index contributed by atoms with van der Waals surface area (Å²) in [5.74, 6) is 2.07. The zero-order valence-corrected chi connectivity index (χ0v) is 10.8. The molecule has 1 fully saturated rings. The predicted octanol–water partition coefficient (Wildman–Crippen LogP) is 4.21. The molecule has 0 saturated heterocycles. The van der Waals surface area contributed by atoms with Crippen LogP contribution in [0.2, 0.25) is 0 Å². The second-order valence-electron chi connectivity index (χ2n) is 6.16. The van der Waals surface area contributed by atoms with Crippen LogP contribution >= 0.6 is 0 Å². The van der Waals surface area contributed by atoms with Crippen molar-refractivity contribution in [2.24, 2.45) is 17.3 Å². The average molecular weight is 210 g/mol. The molecule has 1 aliphatic rings. The van der Waals surface area contributed by atoms with Crippen molar-refractivity contribution in [3.63, 3.8) is 0 Å². The Bertz CT molecular complexity index is 217. The summed E-state index contributed by atoms with van der Waals surface area (Å²) < 4.78 is 0. The van der Waals surface area contributed by atoms with Crippen molar-refractivity contribution in [1.29, 1.82) is 0 Å². The molecule has 0 aromatic heterocycles. The highest BCUT2D eigenvalue weighted by molar-refractivity contribution is 5.75. The Morgan fingerprint density at radius 2 is 2.07 bits per heavy atom. The van der Waals surface area contributed by atoms with Gasteiger partial charge in [0.1, 0.15) is 5.78 Å². The van der Waals surface area contributed by atoms with E-state index in [9.17, 15) is 4.79 Å². The first-order chi connectivity index (χ1) is 6.92. The summed E-state index contributed by atoms with van der Waals surface area (Å²) in [4.78, 5) is 10.9. The summed E-state index contributed by atoms with van der Waals surface area (Å²) in [5.41, 5.74) is 0.503. The molecule has 2 atom stereocenters. The first kappa shape index (κ1) is 12.7. The molecule has 0 bridgehead atoms. The Balaban J connectivity index is 2.39. The van der Waals surface area contributed by atoms with Crippen molar-refractivity contribution in [2.75, 3.05) is 0 Å². The Labute approximate surface area is 94.6 Å². The number of rotatable bonds is 4. The summed E-state index contributed by atoms with van der Waals surface area (Å²) in [6.07, 6.45) is 7.23. The normalized spacial score (nSPS) is 30.1. The van der Waals surface area contributed by atoms with Gasteiger partial charge in [0.2, 0.25) is 0 Å². The fraction of sp³-hybridized carbons (Fsp3) is 0.929. The SMILES string of the molecule is CC(=O)CCCC1CC(C)CCC1(C)C. The van der Waals surface area contributed by atoms with E-state index in [1.807, 2.05) is 0 Å². The molecule has 0 heterocycles. The van der Waals surface area contributed by atoms with Gasteiger partial charge in [-0.2, -0.15) is 0 Å². The van der Waals surface area contributed by atoms with Gasteiger partial charge in [0.05, 0.1) is 0 Å². The third kappa shape index (κ3) is 3.96. The number of hydrogen-bond acceptors (Lipinski definition) is 1. The zero-order chi connectivity index (χ0) is 11.5. The fourth-order valence-corrected chi connectivity index (χ4v) is 2.85. The molecule has 2 unspecified atom stereocenters. The van der Waals surface area contributed by atoms with E-state index < -0.39 is 0 Å². The molecular formula is C14H26O. The number of carbonyl (C=O) groups is 1. The molecule has 1 rings (SSSR count). The molecule has 1 nitrogen and oxygen atoms in total. The van der Waals surface area contributed by atoms with Crippen LogP contribution in [0.1, 0.15) is 66.2 Å². The van der Waals surface area contributed by atoms with Crippen molar-refractivity contribution in [1.82, 2.24) is 0 Å². The lowest BCUT2D eigenvalue weighted by Crippen LogP contribution is -2.31. The molecule has 0 amide bonds. The van der Waals surface area contributed by atoms with E-state index in [4.69, 9.17) is 0 Å². The van der Waals surface area contributed by atoms with E-state index >= 15 is 0 Å². The van der Waals surface area contributed by atoms with Crippen LogP contribution in [0.25, 0.3) is 0 Å². The van der Waals surface area contributed by atoms with Gasteiger partial charge >= 0.3 is 0 Å². The van der Waals surface area contributed by atoms with E-state index in [2.05, 4.69) is 20.8 Å². The minimum absolute atomic E-state index is 0.344. The van der Waals surface area contributed by atoms with E-state index in [-0.39, 0.29) is 0 Å². The van der Waals surface area contributed by atoms with Crippen molar-refractivity contribution >= 4 is 5.78 Å². The summed E-state index contributed by atoms with van der Waals surface area (Å²) in [6, 6.07) is 0. The second-order valence-corrected chi connectivity index (χ2v) is 6.16. The largest absolute Gasteiger partial charge is 0.300 e.